The largest absolute Gasteiger partial charge is 0.487 e. The Morgan fingerprint density at radius 3 is 2.72 bits per heavy atom. The molecule has 8 heteroatoms. The molecule has 1 aromatic carbocycles. The summed E-state index contributed by atoms with van der Waals surface area (Å²) in [6.45, 7) is 3.34. The minimum atomic E-state index is -4.41. The van der Waals surface area contributed by atoms with Crippen molar-refractivity contribution in [1.82, 2.24) is 0 Å². The molecule has 0 aromatic heterocycles. The molecule has 2 heterocycles. The molecule has 0 aliphatic carbocycles. The number of hydrogen-bond acceptors (Lipinski definition) is 5. The van der Waals surface area contributed by atoms with Crippen LogP contribution in [0.5, 0.6) is 11.5 Å². The van der Waals surface area contributed by atoms with E-state index < -0.39 is 18.4 Å². The van der Waals surface area contributed by atoms with E-state index in [0.717, 1.165) is 17.7 Å². The lowest BCUT2D eigenvalue weighted by Crippen LogP contribution is -2.29. The summed E-state index contributed by atoms with van der Waals surface area (Å²) in [4.78, 5) is 5.55. The number of ether oxygens (including phenoxy) is 3. The van der Waals surface area contributed by atoms with Gasteiger partial charge in [-0.05, 0) is 32.0 Å². The highest BCUT2D eigenvalue weighted by Crippen LogP contribution is 2.36. The highest BCUT2D eigenvalue weighted by atomic mass is 19.4. The molecule has 1 aromatic rings. The Balaban J connectivity index is 1.79. The lowest BCUT2D eigenvalue weighted by molar-refractivity contribution is -0.153. The Hall–Kier alpha value is -1.96. The quantitative estimate of drug-likeness (QED) is 0.804. The molecule has 1 unspecified atom stereocenters. The van der Waals surface area contributed by atoms with E-state index in [-0.39, 0.29) is 17.6 Å². The maximum atomic E-state index is 12.4. The van der Waals surface area contributed by atoms with Gasteiger partial charge in [0.05, 0.1) is 25.0 Å². The maximum absolute atomic E-state index is 12.4. The van der Waals surface area contributed by atoms with Gasteiger partial charge in [-0.3, -0.25) is 0 Å². The van der Waals surface area contributed by atoms with Crippen LogP contribution in [0, 0.1) is 0 Å². The average Bonchev–Trinajstić information content (AvgIpc) is 3.15. The molecule has 25 heavy (non-hydrogen) atoms. The Labute approximate surface area is 143 Å². The molecule has 1 atom stereocenters. The van der Waals surface area contributed by atoms with Gasteiger partial charge in [0.1, 0.15) is 0 Å². The van der Waals surface area contributed by atoms with Crippen molar-refractivity contribution in [3.05, 3.63) is 23.8 Å². The van der Waals surface area contributed by atoms with Crippen molar-refractivity contribution in [1.29, 1.82) is 0 Å². The van der Waals surface area contributed by atoms with Gasteiger partial charge in [-0.15, -0.1) is 0 Å². The minimum Gasteiger partial charge on any atom is -0.487 e. The second-order valence-electron chi connectivity index (χ2n) is 6.52. The summed E-state index contributed by atoms with van der Waals surface area (Å²) in [6.07, 6.45) is -3.26. The smallest absolute Gasteiger partial charge is 0.422 e. The molecule has 0 bridgehead atoms. The van der Waals surface area contributed by atoms with E-state index in [9.17, 15) is 13.2 Å². The zero-order valence-electron chi connectivity index (χ0n) is 14.1. The van der Waals surface area contributed by atoms with Crippen LogP contribution in [0.25, 0.3) is 0 Å². The van der Waals surface area contributed by atoms with Crippen LogP contribution in [0.1, 0.15) is 32.3 Å². The molecule has 2 aliphatic rings. The number of halogens is 3. The lowest BCUT2D eigenvalue weighted by Gasteiger charge is -2.18. The highest BCUT2D eigenvalue weighted by molar-refractivity contribution is 6.02. The van der Waals surface area contributed by atoms with Gasteiger partial charge < -0.3 is 19.0 Å². The van der Waals surface area contributed by atoms with Crippen LogP contribution in [-0.4, -0.2) is 43.4 Å². The van der Waals surface area contributed by atoms with E-state index >= 15 is 0 Å². The first-order valence-corrected chi connectivity index (χ1v) is 8.10. The van der Waals surface area contributed by atoms with Crippen molar-refractivity contribution in [3.8, 4) is 11.5 Å². The Kier molecular flexibility index (Phi) is 4.81. The van der Waals surface area contributed by atoms with Crippen LogP contribution >= 0.6 is 0 Å². The number of nitrogens with zero attached hydrogens (tertiary/aromatic N) is 1. The lowest BCUT2D eigenvalue weighted by atomic mass is 9.93. The van der Waals surface area contributed by atoms with Crippen LogP contribution in [0.2, 0.25) is 0 Å². The van der Waals surface area contributed by atoms with Crippen LogP contribution in [0.3, 0.4) is 0 Å². The van der Waals surface area contributed by atoms with E-state index in [4.69, 9.17) is 19.0 Å². The average molecular weight is 359 g/mol. The van der Waals surface area contributed by atoms with Crippen molar-refractivity contribution in [2.24, 2.45) is 5.16 Å². The molecule has 1 spiro atoms. The molecule has 0 radical (unpaired) electrons. The van der Waals surface area contributed by atoms with Crippen LogP contribution in [-0.2, 0) is 9.57 Å². The number of oxime groups is 1. The molecule has 0 saturated carbocycles. The van der Waals surface area contributed by atoms with E-state index in [1.54, 1.807) is 26.0 Å². The zero-order chi connectivity index (χ0) is 18.1. The van der Waals surface area contributed by atoms with E-state index in [0.29, 0.717) is 19.6 Å². The standard InChI is InChI=1S/C17H20F3NO4/c1-11(2)24-15-7-12(3-4-14(15)23-10-17(18,19)20)13-8-16(25-21-13)5-6-22-9-16/h3-4,7,11H,5-6,8-10H2,1-2H3. The molecule has 0 N–H and O–H groups in total. The van der Waals surface area contributed by atoms with Gasteiger partial charge >= 0.3 is 6.18 Å². The minimum absolute atomic E-state index is 0.0493. The molecular formula is C17H20F3NO4. The summed E-state index contributed by atoms with van der Waals surface area (Å²) in [7, 11) is 0. The van der Waals surface area contributed by atoms with Gasteiger partial charge in [0, 0.05) is 18.4 Å². The monoisotopic (exact) mass is 359 g/mol. The molecule has 2 aliphatic heterocycles. The summed E-state index contributed by atoms with van der Waals surface area (Å²) >= 11 is 0. The van der Waals surface area contributed by atoms with Crippen molar-refractivity contribution in [2.45, 2.75) is 44.6 Å². The van der Waals surface area contributed by atoms with Gasteiger partial charge in [0.25, 0.3) is 0 Å². The van der Waals surface area contributed by atoms with Gasteiger partial charge in [-0.25, -0.2) is 0 Å². The van der Waals surface area contributed by atoms with Gasteiger partial charge in [-0.1, -0.05) is 5.16 Å². The van der Waals surface area contributed by atoms with Gasteiger partial charge in [0.15, 0.2) is 23.7 Å². The maximum Gasteiger partial charge on any atom is 0.422 e. The molecule has 0 amide bonds. The Morgan fingerprint density at radius 2 is 2.08 bits per heavy atom. The molecular weight excluding hydrogens is 339 g/mol. The molecule has 1 fully saturated rings. The fourth-order valence-corrected chi connectivity index (χ4v) is 2.79. The van der Waals surface area contributed by atoms with Crippen molar-refractivity contribution in [2.75, 3.05) is 19.8 Å². The first-order chi connectivity index (χ1) is 11.8. The number of hydrogen-bond donors (Lipinski definition) is 0. The predicted octanol–water partition coefficient (Wildman–Crippen LogP) is 3.70. The third-order valence-electron chi connectivity index (χ3n) is 3.94. The van der Waals surface area contributed by atoms with Gasteiger partial charge in [0.2, 0.25) is 0 Å². The summed E-state index contributed by atoms with van der Waals surface area (Å²) in [6, 6.07) is 4.77. The van der Waals surface area contributed by atoms with E-state index in [1.165, 1.54) is 6.07 Å². The Morgan fingerprint density at radius 1 is 1.28 bits per heavy atom. The number of benzene rings is 1. The third kappa shape index (κ3) is 4.36. The molecule has 5 nitrogen and oxygen atoms in total. The van der Waals surface area contributed by atoms with Crippen LogP contribution in [0.4, 0.5) is 13.2 Å². The highest BCUT2D eigenvalue weighted by Gasteiger charge is 2.43. The first-order valence-electron chi connectivity index (χ1n) is 8.10. The van der Waals surface area contributed by atoms with E-state index in [2.05, 4.69) is 5.16 Å². The van der Waals surface area contributed by atoms with Crippen LogP contribution < -0.4 is 9.47 Å². The summed E-state index contributed by atoms with van der Waals surface area (Å²) in [5.74, 6) is 0.302. The summed E-state index contributed by atoms with van der Waals surface area (Å²) in [5, 5.41) is 4.14. The Bertz CT molecular complexity index is 652. The fourth-order valence-electron chi connectivity index (χ4n) is 2.79. The molecule has 138 valence electrons. The van der Waals surface area contributed by atoms with Crippen molar-refractivity contribution < 1.29 is 32.2 Å². The van der Waals surface area contributed by atoms with Gasteiger partial charge in [-0.2, -0.15) is 13.2 Å². The number of rotatable bonds is 5. The topological polar surface area (TPSA) is 49.3 Å². The SMILES string of the molecule is CC(C)Oc1cc(C2=NOC3(CCOC3)C2)ccc1OCC(F)(F)F. The van der Waals surface area contributed by atoms with E-state index in [1.807, 2.05) is 0 Å². The second-order valence-corrected chi connectivity index (χ2v) is 6.52. The third-order valence-corrected chi connectivity index (χ3v) is 3.94. The fraction of sp³-hybridized carbons (Fsp3) is 0.588. The van der Waals surface area contributed by atoms with Crippen LogP contribution in [0.15, 0.2) is 23.4 Å². The van der Waals surface area contributed by atoms with Crippen molar-refractivity contribution >= 4 is 5.71 Å². The normalized spacial score (nSPS) is 23.0. The molecule has 3 rings (SSSR count). The van der Waals surface area contributed by atoms with Crippen molar-refractivity contribution in [3.63, 3.8) is 0 Å². The second kappa shape index (κ2) is 6.74. The summed E-state index contributed by atoms with van der Waals surface area (Å²) < 4.78 is 53.1. The first kappa shape index (κ1) is 17.8. The predicted molar refractivity (Wildman–Crippen MR) is 84.2 cm³/mol. The number of alkyl halides is 3. The summed E-state index contributed by atoms with van der Waals surface area (Å²) in [5.41, 5.74) is 1.04. The zero-order valence-corrected chi connectivity index (χ0v) is 14.1. The molecule has 1 saturated heterocycles.